The summed E-state index contributed by atoms with van der Waals surface area (Å²) >= 11 is 0. The smallest absolute Gasteiger partial charge is 0.163 e. The fourth-order valence-electron chi connectivity index (χ4n) is 5.38. The molecule has 3 aromatic carbocycles. The van der Waals surface area contributed by atoms with Gasteiger partial charge in [-0.2, -0.15) is 0 Å². The van der Waals surface area contributed by atoms with Gasteiger partial charge in [0.1, 0.15) is 17.5 Å². The second-order valence-corrected chi connectivity index (χ2v) is 16.5. The molecule has 0 amide bonds. The first-order valence-corrected chi connectivity index (χ1v) is 17.0. The lowest BCUT2D eigenvalue weighted by Gasteiger charge is -2.20. The van der Waals surface area contributed by atoms with Crippen molar-refractivity contribution < 1.29 is 0 Å². The number of benzene rings is 3. The van der Waals surface area contributed by atoms with E-state index in [1.807, 2.05) is 36.4 Å². The summed E-state index contributed by atoms with van der Waals surface area (Å²) in [6, 6.07) is 24.8. The van der Waals surface area contributed by atoms with Gasteiger partial charge >= 0.3 is 0 Å². The number of aromatic nitrogens is 6. The minimum atomic E-state index is 0.118. The third-order valence-electron chi connectivity index (χ3n) is 7.63. The Balaban J connectivity index is 0.000000218. The minimum absolute atomic E-state index is 0.118. The standard InChI is InChI=1S/C22H25N3.C20H29N3/c1-15-10-6-8-12-17(15)20-23-19(14-22(3,4)5)24-21(25-20)18-13-9-7-11-16(18)2;1-14-10-8-9-11-15(14)18-22-16(12-19(2,3)4)21-17(23-18)13-20(5,6)7/h6-13H,14H2,1-5H3;8-11H,12-13H2,1-7H3. The van der Waals surface area contributed by atoms with E-state index in [0.717, 1.165) is 70.9 Å². The lowest BCUT2D eigenvalue weighted by Crippen LogP contribution is -2.18. The lowest BCUT2D eigenvalue weighted by molar-refractivity contribution is 0.387. The van der Waals surface area contributed by atoms with Gasteiger partial charge in [-0.15, -0.1) is 0 Å². The molecule has 6 nitrogen and oxygen atoms in total. The fraction of sp³-hybridized carbons (Fsp3) is 0.429. The SMILES string of the molecule is Cc1ccccc1-c1nc(CC(C)(C)C)nc(-c2ccccc2C)n1.Cc1ccccc1-c1nc(CC(C)(C)C)nc(CC(C)(C)C)n1. The normalized spacial score (nSPS) is 12.0. The molecule has 0 aliphatic heterocycles. The van der Waals surface area contributed by atoms with Gasteiger partial charge in [0.05, 0.1) is 0 Å². The number of hydrogen-bond donors (Lipinski definition) is 0. The van der Waals surface area contributed by atoms with Crippen LogP contribution in [0.2, 0.25) is 0 Å². The van der Waals surface area contributed by atoms with Gasteiger partial charge in [0.15, 0.2) is 17.5 Å². The predicted molar refractivity (Wildman–Crippen MR) is 200 cm³/mol. The van der Waals surface area contributed by atoms with E-state index in [-0.39, 0.29) is 16.2 Å². The van der Waals surface area contributed by atoms with Crippen LogP contribution in [-0.4, -0.2) is 29.9 Å². The van der Waals surface area contributed by atoms with Crippen molar-refractivity contribution in [3.05, 3.63) is 107 Å². The van der Waals surface area contributed by atoms with Crippen molar-refractivity contribution in [2.45, 2.75) is 102 Å². The van der Waals surface area contributed by atoms with Gasteiger partial charge in [-0.05, 0) is 53.7 Å². The van der Waals surface area contributed by atoms with Gasteiger partial charge < -0.3 is 0 Å². The summed E-state index contributed by atoms with van der Waals surface area (Å²) in [4.78, 5) is 28.6. The molecule has 252 valence electrons. The van der Waals surface area contributed by atoms with Crippen molar-refractivity contribution in [3.8, 4) is 34.2 Å². The van der Waals surface area contributed by atoms with Crippen molar-refractivity contribution in [2.75, 3.05) is 0 Å². The molecule has 2 heterocycles. The molecule has 0 bridgehead atoms. The maximum atomic E-state index is 4.80. The molecule has 6 heteroatoms. The molecule has 0 aliphatic rings. The van der Waals surface area contributed by atoms with Crippen molar-refractivity contribution in [1.29, 1.82) is 0 Å². The monoisotopic (exact) mass is 642 g/mol. The Labute approximate surface area is 289 Å². The van der Waals surface area contributed by atoms with Crippen LogP contribution in [-0.2, 0) is 19.3 Å². The molecule has 0 fully saturated rings. The van der Waals surface area contributed by atoms with Gasteiger partial charge in [-0.3, -0.25) is 0 Å². The largest absolute Gasteiger partial charge is 0.218 e. The molecule has 0 aliphatic carbocycles. The lowest BCUT2D eigenvalue weighted by atomic mass is 9.91. The van der Waals surface area contributed by atoms with Gasteiger partial charge in [-0.1, -0.05) is 135 Å². The molecule has 48 heavy (non-hydrogen) atoms. The second kappa shape index (κ2) is 14.8. The summed E-state index contributed by atoms with van der Waals surface area (Å²) in [5, 5.41) is 0. The van der Waals surface area contributed by atoms with Crippen LogP contribution in [0.25, 0.3) is 34.2 Å². The van der Waals surface area contributed by atoms with Gasteiger partial charge in [0.2, 0.25) is 0 Å². The highest BCUT2D eigenvalue weighted by Gasteiger charge is 2.21. The van der Waals surface area contributed by atoms with E-state index in [9.17, 15) is 0 Å². The molecule has 0 unspecified atom stereocenters. The van der Waals surface area contributed by atoms with E-state index in [1.165, 1.54) is 16.7 Å². The maximum absolute atomic E-state index is 4.80. The van der Waals surface area contributed by atoms with Crippen LogP contribution < -0.4 is 0 Å². The first kappa shape index (κ1) is 36.5. The third-order valence-corrected chi connectivity index (χ3v) is 7.63. The zero-order valence-corrected chi connectivity index (χ0v) is 31.2. The number of rotatable bonds is 6. The summed E-state index contributed by atoms with van der Waals surface area (Å²) in [5.41, 5.74) is 7.20. The zero-order valence-electron chi connectivity index (χ0n) is 31.2. The molecule has 0 N–H and O–H groups in total. The minimum Gasteiger partial charge on any atom is -0.218 e. The van der Waals surface area contributed by atoms with E-state index in [2.05, 4.69) is 119 Å². The van der Waals surface area contributed by atoms with Gasteiger partial charge in [-0.25, -0.2) is 29.9 Å². The first-order valence-electron chi connectivity index (χ1n) is 17.0. The van der Waals surface area contributed by atoms with Crippen LogP contribution in [0.5, 0.6) is 0 Å². The average molecular weight is 643 g/mol. The molecule has 0 spiro atoms. The zero-order chi connectivity index (χ0) is 35.3. The highest BCUT2D eigenvalue weighted by Crippen LogP contribution is 2.28. The average Bonchev–Trinajstić information content (AvgIpc) is 2.95. The van der Waals surface area contributed by atoms with E-state index in [1.54, 1.807) is 0 Å². The van der Waals surface area contributed by atoms with Crippen molar-refractivity contribution in [2.24, 2.45) is 16.2 Å². The quantitative estimate of drug-likeness (QED) is 0.183. The molecule has 0 radical (unpaired) electrons. The maximum Gasteiger partial charge on any atom is 0.163 e. The van der Waals surface area contributed by atoms with Crippen LogP contribution in [0.3, 0.4) is 0 Å². The number of aryl methyl sites for hydroxylation is 3. The Morgan fingerprint density at radius 3 is 0.875 bits per heavy atom. The Kier molecular flexibility index (Phi) is 11.3. The van der Waals surface area contributed by atoms with E-state index in [0.29, 0.717) is 0 Å². The summed E-state index contributed by atoms with van der Waals surface area (Å²) in [6.45, 7) is 26.2. The molecule has 0 saturated carbocycles. The van der Waals surface area contributed by atoms with Crippen LogP contribution in [0, 0.1) is 37.0 Å². The summed E-state index contributed by atoms with van der Waals surface area (Å²) in [5.74, 6) is 4.95. The first-order chi connectivity index (χ1) is 22.4. The third kappa shape index (κ3) is 10.9. The number of nitrogens with zero attached hydrogens (tertiary/aromatic N) is 6. The molecule has 0 saturated heterocycles. The highest BCUT2D eigenvalue weighted by molar-refractivity contribution is 5.65. The van der Waals surface area contributed by atoms with Gasteiger partial charge in [0.25, 0.3) is 0 Å². The molecule has 0 atom stereocenters. The van der Waals surface area contributed by atoms with Crippen LogP contribution in [0.1, 0.15) is 96.5 Å². The molecule has 2 aromatic heterocycles. The van der Waals surface area contributed by atoms with Crippen LogP contribution >= 0.6 is 0 Å². The molecule has 5 rings (SSSR count). The predicted octanol–water partition coefficient (Wildman–Crippen LogP) is 10.4. The van der Waals surface area contributed by atoms with E-state index >= 15 is 0 Å². The Bertz CT molecular complexity index is 1740. The number of hydrogen-bond acceptors (Lipinski definition) is 6. The van der Waals surface area contributed by atoms with Crippen molar-refractivity contribution >= 4 is 0 Å². The van der Waals surface area contributed by atoms with Crippen molar-refractivity contribution in [3.63, 3.8) is 0 Å². The summed E-state index contributed by atoms with van der Waals surface area (Å²) in [6.07, 6.45) is 2.52. The van der Waals surface area contributed by atoms with Crippen LogP contribution in [0.4, 0.5) is 0 Å². The van der Waals surface area contributed by atoms with Crippen molar-refractivity contribution in [1.82, 2.24) is 29.9 Å². The molecular weight excluding hydrogens is 589 g/mol. The summed E-state index contributed by atoms with van der Waals surface area (Å²) < 4.78 is 0. The van der Waals surface area contributed by atoms with Gasteiger partial charge in [0, 0.05) is 36.0 Å². The Morgan fingerprint density at radius 2 is 0.604 bits per heavy atom. The Hall–Kier alpha value is -4.32. The van der Waals surface area contributed by atoms with E-state index in [4.69, 9.17) is 29.9 Å². The fourth-order valence-corrected chi connectivity index (χ4v) is 5.38. The topological polar surface area (TPSA) is 77.3 Å². The second-order valence-electron chi connectivity index (χ2n) is 16.5. The van der Waals surface area contributed by atoms with E-state index < -0.39 is 0 Å². The Morgan fingerprint density at radius 1 is 0.354 bits per heavy atom. The molecule has 5 aromatic rings. The summed E-state index contributed by atoms with van der Waals surface area (Å²) in [7, 11) is 0. The highest BCUT2D eigenvalue weighted by atomic mass is 15.0. The molecular formula is C42H54N6. The van der Waals surface area contributed by atoms with Crippen LogP contribution in [0.15, 0.2) is 72.8 Å².